The monoisotopic (exact) mass is 473 g/mol. The fraction of sp³-hybridized carbons (Fsp3) is 0.136. The number of benzene rings is 2. The Bertz CT molecular complexity index is 1320. The molecule has 0 aliphatic rings. The number of rotatable bonds is 6. The van der Waals surface area contributed by atoms with Gasteiger partial charge in [0.1, 0.15) is 17.1 Å². The van der Waals surface area contributed by atoms with E-state index in [1.54, 1.807) is 12.1 Å². The van der Waals surface area contributed by atoms with Crippen LogP contribution in [0.2, 0.25) is 10.0 Å². The Morgan fingerprint density at radius 1 is 1.19 bits per heavy atom. The summed E-state index contributed by atoms with van der Waals surface area (Å²) in [6.07, 6.45) is 1.38. The molecule has 0 radical (unpaired) electrons. The van der Waals surface area contributed by atoms with Crippen molar-refractivity contribution in [3.63, 3.8) is 0 Å². The van der Waals surface area contributed by atoms with Gasteiger partial charge in [-0.05, 0) is 42.8 Å². The number of thiophene rings is 1. The molecule has 1 amide bonds. The van der Waals surface area contributed by atoms with Gasteiger partial charge in [-0.1, -0.05) is 35.3 Å². The summed E-state index contributed by atoms with van der Waals surface area (Å²) in [5.74, 6) is 0.365. The van der Waals surface area contributed by atoms with Crippen molar-refractivity contribution in [3.05, 3.63) is 74.6 Å². The van der Waals surface area contributed by atoms with Gasteiger partial charge in [0, 0.05) is 16.0 Å². The quantitative estimate of drug-likeness (QED) is 0.402. The highest BCUT2D eigenvalue weighted by Gasteiger charge is 2.15. The number of nitrogens with one attached hydrogen (secondary N) is 1. The molecule has 0 aliphatic heterocycles. The standard InChI is InChI=1S/C22H17Cl2N3O3S/c1-2-30-15-6-3-13(4-7-15)16-11-31-21-20(16)22(29)27(12-25-21)10-19(28)26-18-8-5-14(23)9-17(18)24/h3-9,11-12H,2,10H2,1H3,(H,26,28). The number of aromatic nitrogens is 2. The van der Waals surface area contributed by atoms with E-state index < -0.39 is 5.91 Å². The molecule has 0 saturated carbocycles. The van der Waals surface area contributed by atoms with Gasteiger partial charge in [0.25, 0.3) is 5.56 Å². The summed E-state index contributed by atoms with van der Waals surface area (Å²) in [6.45, 7) is 2.31. The first-order valence-electron chi connectivity index (χ1n) is 9.41. The number of nitrogens with zero attached hydrogens (tertiary/aromatic N) is 2. The van der Waals surface area contributed by atoms with Crippen LogP contribution in [-0.2, 0) is 11.3 Å². The average molecular weight is 474 g/mol. The van der Waals surface area contributed by atoms with E-state index in [0.29, 0.717) is 32.6 Å². The maximum atomic E-state index is 13.1. The SMILES string of the molecule is CCOc1ccc(-c2csc3ncn(CC(=O)Nc4ccc(Cl)cc4Cl)c(=O)c23)cc1. The van der Waals surface area contributed by atoms with Crippen LogP contribution in [0.25, 0.3) is 21.3 Å². The number of anilines is 1. The van der Waals surface area contributed by atoms with Crippen LogP contribution in [0.3, 0.4) is 0 Å². The minimum atomic E-state index is -0.398. The number of carbonyl (C=O) groups excluding carboxylic acids is 1. The topological polar surface area (TPSA) is 73.2 Å². The molecule has 1 N–H and O–H groups in total. The van der Waals surface area contributed by atoms with Gasteiger partial charge in [-0.2, -0.15) is 0 Å². The highest BCUT2D eigenvalue weighted by molar-refractivity contribution is 7.17. The van der Waals surface area contributed by atoms with Crippen molar-refractivity contribution >= 4 is 56.3 Å². The molecular formula is C22H17Cl2N3O3S. The average Bonchev–Trinajstić information content (AvgIpc) is 3.18. The number of hydrogen-bond acceptors (Lipinski definition) is 5. The number of ether oxygens (including phenoxy) is 1. The summed E-state index contributed by atoms with van der Waals surface area (Å²) < 4.78 is 6.76. The molecular weight excluding hydrogens is 457 g/mol. The molecule has 0 aliphatic carbocycles. The summed E-state index contributed by atoms with van der Waals surface area (Å²) in [5, 5.41) is 5.85. The molecule has 2 aromatic carbocycles. The molecule has 4 rings (SSSR count). The Morgan fingerprint density at radius 3 is 2.68 bits per heavy atom. The summed E-state index contributed by atoms with van der Waals surface area (Å²) in [7, 11) is 0. The first-order chi connectivity index (χ1) is 15.0. The van der Waals surface area contributed by atoms with Gasteiger partial charge in [-0.25, -0.2) is 4.98 Å². The van der Waals surface area contributed by atoms with E-state index >= 15 is 0 Å². The molecule has 0 saturated heterocycles. The minimum absolute atomic E-state index is 0.195. The maximum absolute atomic E-state index is 13.1. The predicted molar refractivity (Wildman–Crippen MR) is 126 cm³/mol. The number of fused-ring (bicyclic) bond motifs is 1. The summed E-state index contributed by atoms with van der Waals surface area (Å²) in [4.78, 5) is 30.6. The van der Waals surface area contributed by atoms with Crippen LogP contribution < -0.4 is 15.6 Å². The minimum Gasteiger partial charge on any atom is -0.494 e. The molecule has 9 heteroatoms. The lowest BCUT2D eigenvalue weighted by Gasteiger charge is -2.09. The van der Waals surface area contributed by atoms with Crippen molar-refractivity contribution in [3.8, 4) is 16.9 Å². The van der Waals surface area contributed by atoms with E-state index in [1.807, 2.05) is 36.6 Å². The zero-order chi connectivity index (χ0) is 22.0. The van der Waals surface area contributed by atoms with E-state index in [9.17, 15) is 9.59 Å². The molecule has 6 nitrogen and oxygen atoms in total. The number of carbonyl (C=O) groups is 1. The Hall–Kier alpha value is -2.87. The van der Waals surface area contributed by atoms with Crippen LogP contribution in [-0.4, -0.2) is 22.1 Å². The van der Waals surface area contributed by atoms with Gasteiger partial charge >= 0.3 is 0 Å². The summed E-state index contributed by atoms with van der Waals surface area (Å²) in [6, 6.07) is 12.3. The number of amides is 1. The van der Waals surface area contributed by atoms with Crippen LogP contribution in [0, 0.1) is 0 Å². The summed E-state index contributed by atoms with van der Waals surface area (Å²) in [5.41, 5.74) is 1.79. The Balaban J connectivity index is 1.62. The third-order valence-corrected chi connectivity index (χ3v) is 5.99. The second-order valence-corrected chi connectivity index (χ2v) is 8.34. The fourth-order valence-corrected chi connectivity index (χ4v) is 4.49. The molecule has 0 unspecified atom stereocenters. The second kappa shape index (κ2) is 9.09. The Kier molecular flexibility index (Phi) is 6.27. The zero-order valence-electron chi connectivity index (χ0n) is 16.4. The maximum Gasteiger partial charge on any atom is 0.263 e. The molecule has 0 atom stereocenters. The molecule has 2 aromatic heterocycles. The first-order valence-corrected chi connectivity index (χ1v) is 11.0. The van der Waals surface area contributed by atoms with Gasteiger partial charge in [0.15, 0.2) is 0 Å². The van der Waals surface area contributed by atoms with Crippen molar-refractivity contribution in [1.82, 2.24) is 9.55 Å². The van der Waals surface area contributed by atoms with Gasteiger partial charge in [-0.15, -0.1) is 11.3 Å². The molecule has 158 valence electrons. The lowest BCUT2D eigenvalue weighted by Crippen LogP contribution is -2.27. The van der Waals surface area contributed by atoms with Crippen molar-refractivity contribution in [2.45, 2.75) is 13.5 Å². The van der Waals surface area contributed by atoms with E-state index in [2.05, 4.69) is 10.3 Å². The molecule has 4 aromatic rings. The Morgan fingerprint density at radius 2 is 1.97 bits per heavy atom. The van der Waals surface area contributed by atoms with Gasteiger partial charge < -0.3 is 10.1 Å². The largest absolute Gasteiger partial charge is 0.494 e. The molecule has 0 spiro atoms. The van der Waals surface area contributed by atoms with Crippen molar-refractivity contribution in [2.75, 3.05) is 11.9 Å². The number of hydrogen-bond donors (Lipinski definition) is 1. The highest BCUT2D eigenvalue weighted by Crippen LogP contribution is 2.31. The molecule has 31 heavy (non-hydrogen) atoms. The van der Waals surface area contributed by atoms with Crippen molar-refractivity contribution in [1.29, 1.82) is 0 Å². The van der Waals surface area contributed by atoms with Crippen LogP contribution in [0.5, 0.6) is 5.75 Å². The molecule has 0 fully saturated rings. The lowest BCUT2D eigenvalue weighted by molar-refractivity contribution is -0.116. The molecule has 2 heterocycles. The van der Waals surface area contributed by atoms with Gasteiger partial charge in [0.2, 0.25) is 5.91 Å². The normalized spacial score (nSPS) is 10.9. The van der Waals surface area contributed by atoms with E-state index in [-0.39, 0.29) is 12.1 Å². The first kappa shape index (κ1) is 21.4. The number of halogens is 2. The Labute approximate surface area is 192 Å². The van der Waals surface area contributed by atoms with Gasteiger partial charge in [0.05, 0.1) is 29.0 Å². The van der Waals surface area contributed by atoms with Crippen LogP contribution in [0.15, 0.2) is 59.0 Å². The fourth-order valence-electron chi connectivity index (χ4n) is 3.13. The van der Waals surface area contributed by atoms with Crippen molar-refractivity contribution < 1.29 is 9.53 Å². The molecule has 0 bridgehead atoms. The van der Waals surface area contributed by atoms with Crippen LogP contribution >= 0.6 is 34.5 Å². The van der Waals surface area contributed by atoms with E-state index in [0.717, 1.165) is 16.9 Å². The highest BCUT2D eigenvalue weighted by atomic mass is 35.5. The zero-order valence-corrected chi connectivity index (χ0v) is 18.7. The van der Waals surface area contributed by atoms with Crippen LogP contribution in [0.1, 0.15) is 6.92 Å². The summed E-state index contributed by atoms with van der Waals surface area (Å²) >= 11 is 13.4. The van der Waals surface area contributed by atoms with Gasteiger partial charge in [-0.3, -0.25) is 14.2 Å². The van der Waals surface area contributed by atoms with Crippen LogP contribution in [0.4, 0.5) is 5.69 Å². The lowest BCUT2D eigenvalue weighted by atomic mass is 10.1. The van der Waals surface area contributed by atoms with Crippen molar-refractivity contribution in [2.24, 2.45) is 0 Å². The smallest absolute Gasteiger partial charge is 0.263 e. The third-order valence-electron chi connectivity index (χ3n) is 4.56. The van der Waals surface area contributed by atoms with E-state index in [1.165, 1.54) is 28.3 Å². The predicted octanol–water partition coefficient (Wildman–Crippen LogP) is 5.47. The van der Waals surface area contributed by atoms with E-state index in [4.69, 9.17) is 27.9 Å². The second-order valence-electron chi connectivity index (χ2n) is 6.64. The third kappa shape index (κ3) is 4.58.